The molecule has 0 aromatic rings. The fourth-order valence-corrected chi connectivity index (χ4v) is 11.6. The molecular weight excluding hydrogens is 556 g/mol. The minimum atomic E-state index is -2.43. The molecule has 0 aromatic heterocycles. The summed E-state index contributed by atoms with van der Waals surface area (Å²) in [5.74, 6) is 6.08. The Morgan fingerprint density at radius 1 is 0.953 bits per heavy atom. The van der Waals surface area contributed by atoms with Crippen LogP contribution in [0.3, 0.4) is 0 Å². The van der Waals surface area contributed by atoms with Crippen LogP contribution in [0.4, 0.5) is 0 Å². The van der Waals surface area contributed by atoms with Gasteiger partial charge in [0, 0.05) is 25.3 Å². The first-order valence-corrected chi connectivity index (χ1v) is 19.1. The van der Waals surface area contributed by atoms with Gasteiger partial charge in [0.15, 0.2) is 0 Å². The number of amides is 1. The van der Waals surface area contributed by atoms with Crippen molar-refractivity contribution in [3.05, 3.63) is 0 Å². The minimum absolute atomic E-state index is 0.143. The first-order valence-electron chi connectivity index (χ1n) is 18.1. The van der Waals surface area contributed by atoms with Crippen LogP contribution in [0.15, 0.2) is 0 Å². The summed E-state index contributed by atoms with van der Waals surface area (Å²) in [6.07, 6.45) is 17.6. The van der Waals surface area contributed by atoms with E-state index in [9.17, 15) is 13.6 Å². The van der Waals surface area contributed by atoms with Gasteiger partial charge in [0.05, 0.1) is 45.2 Å². The summed E-state index contributed by atoms with van der Waals surface area (Å²) in [6.45, 7) is 15.3. The molecule has 4 saturated carbocycles. The monoisotopic (exact) mass is 622 g/mol. The molecule has 4 rings (SSSR count). The average molecular weight is 623 g/mol. The molecule has 3 unspecified atom stereocenters. The van der Waals surface area contributed by atoms with Crippen LogP contribution in [0, 0.1) is 58.2 Å². The van der Waals surface area contributed by atoms with Crippen LogP contribution in [-0.2, 0) is 20.3 Å². The highest BCUT2D eigenvalue weighted by molar-refractivity contribution is 7.74. The molecule has 1 amide bonds. The second-order valence-electron chi connectivity index (χ2n) is 16.9. The minimum Gasteiger partial charge on any atom is -0.750 e. The molecule has 43 heavy (non-hydrogen) atoms. The van der Waals surface area contributed by atoms with Gasteiger partial charge >= 0.3 is 0 Å². The fourth-order valence-electron chi connectivity index (χ4n) is 11.4. The summed E-state index contributed by atoms with van der Waals surface area (Å²) in [5.41, 5.74) is 0.641. The van der Waals surface area contributed by atoms with E-state index in [0.29, 0.717) is 29.6 Å². The lowest BCUT2D eigenvalue weighted by Crippen LogP contribution is -2.58. The van der Waals surface area contributed by atoms with E-state index in [1.54, 1.807) is 0 Å². The molecule has 0 spiro atoms. The van der Waals surface area contributed by atoms with Crippen molar-refractivity contribution >= 4 is 17.3 Å². The topological polar surface area (TPSA) is 78.5 Å². The Hall–Kier alpha value is -0.500. The number of nitrogens with one attached hydrogen (secondary N) is 1. The molecule has 0 aromatic carbocycles. The van der Waals surface area contributed by atoms with Crippen molar-refractivity contribution in [2.24, 2.45) is 58.2 Å². The number of hydrogen-bond donors (Lipinski definition) is 1. The zero-order valence-corrected chi connectivity index (χ0v) is 29.7. The van der Waals surface area contributed by atoms with Gasteiger partial charge in [0.25, 0.3) is 0 Å². The lowest BCUT2D eigenvalue weighted by atomic mass is 9.42. The molecule has 0 heterocycles. The van der Waals surface area contributed by atoms with E-state index in [0.717, 1.165) is 66.5 Å². The summed E-state index contributed by atoms with van der Waals surface area (Å²) in [4.78, 5) is 13.9. The van der Waals surface area contributed by atoms with E-state index in [2.05, 4.69) is 58.2 Å². The van der Waals surface area contributed by atoms with Crippen LogP contribution in [-0.4, -0.2) is 59.5 Å². The molecule has 1 N–H and O–H groups in total. The predicted octanol–water partition coefficient (Wildman–Crippen LogP) is 7.51. The molecule has 7 heteroatoms. The first kappa shape index (κ1) is 35.4. The molecule has 0 aliphatic heterocycles. The van der Waals surface area contributed by atoms with Crippen LogP contribution < -0.4 is 5.32 Å². The Morgan fingerprint density at radius 3 is 2.42 bits per heavy atom. The standard InChI is InChI=1S/C36H66N2O4S/c1-26(2)12-8-13-27(3)30-18-19-31-29-17-16-28-14-9-15-33(36(28,5)32(29)20-21-35(30,31)4)34(39)37-22-10-23-38(6,7)24-11-25-42-43(40)41/h26-33H,8-25H2,1-7H3,(H-,37,39,40,41)/t27-,28?,29+,30-,31+,32+,33?,35-,36+/m1/s1. The summed E-state index contributed by atoms with van der Waals surface area (Å²) in [5, 5.41) is 3.41. The third-order valence-electron chi connectivity index (χ3n) is 13.6. The average Bonchev–Trinajstić information content (AvgIpc) is 3.30. The van der Waals surface area contributed by atoms with Gasteiger partial charge in [0.1, 0.15) is 0 Å². The van der Waals surface area contributed by atoms with E-state index in [-0.39, 0.29) is 17.9 Å². The molecule has 4 aliphatic carbocycles. The van der Waals surface area contributed by atoms with Gasteiger partial charge in [-0.1, -0.05) is 60.3 Å². The van der Waals surface area contributed by atoms with Gasteiger partial charge in [-0.3, -0.25) is 4.79 Å². The van der Waals surface area contributed by atoms with Gasteiger partial charge in [0.2, 0.25) is 5.91 Å². The Morgan fingerprint density at radius 2 is 1.70 bits per heavy atom. The van der Waals surface area contributed by atoms with Crippen LogP contribution in [0.25, 0.3) is 0 Å². The van der Waals surface area contributed by atoms with Gasteiger partial charge in [-0.15, -0.1) is 0 Å². The number of nitrogens with zero attached hydrogens (tertiary/aromatic N) is 1. The third-order valence-corrected chi connectivity index (χ3v) is 14.0. The smallest absolute Gasteiger partial charge is 0.223 e. The second kappa shape index (κ2) is 14.9. The van der Waals surface area contributed by atoms with Crippen molar-refractivity contribution in [3.8, 4) is 0 Å². The normalized spacial score (nSPS) is 37.3. The van der Waals surface area contributed by atoms with Gasteiger partial charge in [-0.2, -0.15) is 0 Å². The van der Waals surface area contributed by atoms with Crippen molar-refractivity contribution in [1.82, 2.24) is 5.32 Å². The number of quaternary nitrogens is 1. The van der Waals surface area contributed by atoms with Crippen LogP contribution >= 0.6 is 0 Å². The molecule has 0 saturated heterocycles. The van der Waals surface area contributed by atoms with Crippen molar-refractivity contribution < 1.29 is 22.2 Å². The maximum Gasteiger partial charge on any atom is 0.223 e. The Bertz CT molecular complexity index is 942. The molecule has 250 valence electrons. The quantitative estimate of drug-likeness (QED) is 0.117. The molecule has 4 fully saturated rings. The van der Waals surface area contributed by atoms with E-state index in [1.807, 2.05) is 0 Å². The zero-order valence-electron chi connectivity index (χ0n) is 28.8. The van der Waals surface area contributed by atoms with Crippen LogP contribution in [0.5, 0.6) is 0 Å². The highest BCUT2D eigenvalue weighted by Gasteiger charge is 2.62. The number of rotatable bonds is 15. The fraction of sp³-hybridized carbons (Fsp3) is 0.972. The van der Waals surface area contributed by atoms with E-state index in [1.165, 1.54) is 70.6 Å². The third kappa shape index (κ3) is 8.08. The molecule has 0 bridgehead atoms. The number of hydrogen-bond acceptors (Lipinski definition) is 4. The summed E-state index contributed by atoms with van der Waals surface area (Å²) >= 11 is -2.43. The van der Waals surface area contributed by atoms with Crippen molar-refractivity contribution in [2.75, 3.05) is 40.3 Å². The SMILES string of the molecule is CC(C)CCC[C@@H](C)[C@H]1CC[C@H]2[C@@H]3CCC4CCCC(C(=O)NCCC[N+](C)(C)CCCOS(=O)[O-])[C@]4(C)[C@H]3CC[C@]12C. The van der Waals surface area contributed by atoms with Gasteiger partial charge in [-0.05, 0) is 104 Å². The Labute approximate surface area is 267 Å². The molecular formula is C36H66N2O4S. The van der Waals surface area contributed by atoms with Crippen LogP contribution in [0.2, 0.25) is 0 Å². The first-order chi connectivity index (χ1) is 20.3. The Kier molecular flexibility index (Phi) is 12.3. The van der Waals surface area contributed by atoms with Gasteiger partial charge < -0.3 is 18.5 Å². The Balaban J connectivity index is 1.35. The number of carbonyl (C=O) groups excluding carboxylic acids is 1. The van der Waals surface area contributed by atoms with Crippen molar-refractivity contribution in [1.29, 1.82) is 0 Å². The molecule has 0 radical (unpaired) electrons. The predicted molar refractivity (Wildman–Crippen MR) is 176 cm³/mol. The van der Waals surface area contributed by atoms with Gasteiger partial charge in [-0.25, -0.2) is 4.21 Å². The maximum absolute atomic E-state index is 13.9. The van der Waals surface area contributed by atoms with Crippen molar-refractivity contribution in [2.45, 2.75) is 125 Å². The lowest BCUT2D eigenvalue weighted by Gasteiger charge is -2.62. The number of fused-ring (bicyclic) bond motifs is 5. The lowest BCUT2D eigenvalue weighted by molar-refractivity contribution is -0.890. The van der Waals surface area contributed by atoms with Crippen molar-refractivity contribution in [3.63, 3.8) is 0 Å². The largest absolute Gasteiger partial charge is 0.750 e. The zero-order chi connectivity index (χ0) is 31.4. The van der Waals surface area contributed by atoms with E-state index in [4.69, 9.17) is 0 Å². The summed E-state index contributed by atoms with van der Waals surface area (Å²) in [7, 11) is 4.34. The molecule has 6 nitrogen and oxygen atoms in total. The highest BCUT2D eigenvalue weighted by Crippen LogP contribution is 2.69. The number of carbonyl (C=O) groups is 1. The maximum atomic E-state index is 13.9. The highest BCUT2D eigenvalue weighted by atomic mass is 32.2. The van der Waals surface area contributed by atoms with E-state index >= 15 is 0 Å². The van der Waals surface area contributed by atoms with Crippen LogP contribution in [0.1, 0.15) is 125 Å². The molecule has 10 atom stereocenters. The second-order valence-corrected chi connectivity index (χ2v) is 17.6. The summed E-state index contributed by atoms with van der Waals surface area (Å²) in [6, 6.07) is 0. The van der Waals surface area contributed by atoms with E-state index < -0.39 is 11.4 Å². The molecule has 4 aliphatic rings. The summed E-state index contributed by atoms with van der Waals surface area (Å²) < 4.78 is 26.7.